The van der Waals surface area contributed by atoms with E-state index in [4.69, 9.17) is 14.2 Å². The molecule has 0 bridgehead atoms. The standard InChI is InChI=1S/C74H136O6/c1-4-7-10-13-16-19-22-25-28-31-33-35-36-37-39-40-43-46-49-52-55-58-61-64-67-73(76)79-70-71(69-78-72(75)66-63-60-57-54-51-48-45-42-30-27-24-21-18-15-12-9-6-3)80-74(77)68-65-62-59-56-53-50-47-44-41-38-34-32-29-26-23-20-17-14-11-8-5-2/h9,12,18,21,27,30,32,34,71H,4-8,10-11,13-17,19-20,22-26,28-29,31,33,35-70H2,1-3H3/b12-9-,21-18-,30-27-,34-32-. The van der Waals surface area contributed by atoms with E-state index in [0.29, 0.717) is 19.3 Å². The molecule has 0 spiro atoms. The molecule has 0 heterocycles. The zero-order valence-corrected chi connectivity index (χ0v) is 53.9. The Morgan fingerprint density at radius 1 is 0.263 bits per heavy atom. The summed E-state index contributed by atoms with van der Waals surface area (Å²) in [7, 11) is 0. The lowest BCUT2D eigenvalue weighted by molar-refractivity contribution is -0.167. The molecule has 468 valence electrons. The van der Waals surface area contributed by atoms with E-state index in [9.17, 15) is 14.4 Å². The number of rotatable bonds is 66. The molecule has 0 aliphatic carbocycles. The molecule has 1 unspecified atom stereocenters. The van der Waals surface area contributed by atoms with Crippen molar-refractivity contribution in [1.29, 1.82) is 0 Å². The molecule has 0 aliphatic rings. The van der Waals surface area contributed by atoms with Crippen LogP contribution in [-0.2, 0) is 28.6 Å². The van der Waals surface area contributed by atoms with Crippen molar-refractivity contribution < 1.29 is 28.6 Å². The van der Waals surface area contributed by atoms with Crippen molar-refractivity contribution in [2.75, 3.05) is 13.2 Å². The Labute approximate surface area is 498 Å². The third-order valence-electron chi connectivity index (χ3n) is 16.1. The van der Waals surface area contributed by atoms with Gasteiger partial charge >= 0.3 is 17.9 Å². The molecule has 0 radical (unpaired) electrons. The van der Waals surface area contributed by atoms with Crippen LogP contribution in [0.5, 0.6) is 0 Å². The summed E-state index contributed by atoms with van der Waals surface area (Å²) in [6, 6.07) is 0. The normalized spacial score (nSPS) is 12.3. The van der Waals surface area contributed by atoms with E-state index in [2.05, 4.69) is 69.4 Å². The van der Waals surface area contributed by atoms with Crippen LogP contribution in [0.2, 0.25) is 0 Å². The van der Waals surface area contributed by atoms with Crippen LogP contribution in [0.4, 0.5) is 0 Å². The summed E-state index contributed by atoms with van der Waals surface area (Å²) in [5, 5.41) is 0. The second-order valence-electron chi connectivity index (χ2n) is 24.1. The number of unbranched alkanes of at least 4 members (excludes halogenated alkanes) is 47. The first kappa shape index (κ1) is 77.4. The lowest BCUT2D eigenvalue weighted by Gasteiger charge is -2.18. The summed E-state index contributed by atoms with van der Waals surface area (Å²) in [5.74, 6) is -0.858. The van der Waals surface area contributed by atoms with Gasteiger partial charge < -0.3 is 14.2 Å². The fourth-order valence-electron chi connectivity index (χ4n) is 10.8. The first-order valence-electron chi connectivity index (χ1n) is 35.6. The summed E-state index contributed by atoms with van der Waals surface area (Å²) in [6.45, 7) is 6.60. The Kier molecular flexibility index (Phi) is 66.6. The molecule has 0 fully saturated rings. The van der Waals surface area contributed by atoms with Gasteiger partial charge in [-0.05, 0) is 77.0 Å². The highest BCUT2D eigenvalue weighted by Gasteiger charge is 2.19. The number of allylic oxidation sites excluding steroid dienone is 8. The number of hydrogen-bond acceptors (Lipinski definition) is 6. The summed E-state index contributed by atoms with van der Waals surface area (Å²) in [4.78, 5) is 38.5. The lowest BCUT2D eigenvalue weighted by atomic mass is 10.0. The Hall–Kier alpha value is -2.63. The summed E-state index contributed by atoms with van der Waals surface area (Å²) >= 11 is 0. The molecule has 0 saturated carbocycles. The van der Waals surface area contributed by atoms with E-state index >= 15 is 0 Å². The van der Waals surface area contributed by atoms with E-state index < -0.39 is 6.10 Å². The molecule has 6 heteroatoms. The van der Waals surface area contributed by atoms with Gasteiger partial charge in [0.25, 0.3) is 0 Å². The number of hydrogen-bond donors (Lipinski definition) is 0. The molecule has 0 amide bonds. The molecule has 0 rings (SSSR count). The van der Waals surface area contributed by atoms with Gasteiger partial charge in [0.2, 0.25) is 0 Å². The van der Waals surface area contributed by atoms with Crippen molar-refractivity contribution in [1.82, 2.24) is 0 Å². The van der Waals surface area contributed by atoms with Crippen molar-refractivity contribution in [2.45, 2.75) is 393 Å². The zero-order chi connectivity index (χ0) is 57.8. The van der Waals surface area contributed by atoms with Crippen LogP contribution in [0.15, 0.2) is 48.6 Å². The summed E-state index contributed by atoms with van der Waals surface area (Å²) in [6.07, 6.45) is 87.1. The summed E-state index contributed by atoms with van der Waals surface area (Å²) in [5.41, 5.74) is 0. The molecule has 0 aromatic carbocycles. The average Bonchev–Trinajstić information content (AvgIpc) is 3.46. The average molecular weight is 1120 g/mol. The predicted molar refractivity (Wildman–Crippen MR) is 349 cm³/mol. The summed E-state index contributed by atoms with van der Waals surface area (Å²) < 4.78 is 17.0. The van der Waals surface area contributed by atoms with E-state index in [1.165, 1.54) is 263 Å². The molecule has 1 atom stereocenters. The van der Waals surface area contributed by atoms with Gasteiger partial charge in [-0.25, -0.2) is 0 Å². The molecule has 0 aromatic rings. The Balaban J connectivity index is 4.30. The molecular weight excluding hydrogens is 985 g/mol. The van der Waals surface area contributed by atoms with E-state index in [1.54, 1.807) is 0 Å². The van der Waals surface area contributed by atoms with Gasteiger partial charge in [-0.3, -0.25) is 14.4 Å². The minimum Gasteiger partial charge on any atom is -0.462 e. The van der Waals surface area contributed by atoms with Crippen LogP contribution < -0.4 is 0 Å². The van der Waals surface area contributed by atoms with E-state index in [-0.39, 0.29) is 31.1 Å². The quantitative estimate of drug-likeness (QED) is 0.0261. The monoisotopic (exact) mass is 1120 g/mol. The van der Waals surface area contributed by atoms with E-state index in [0.717, 1.165) is 83.5 Å². The van der Waals surface area contributed by atoms with Crippen molar-refractivity contribution in [2.24, 2.45) is 0 Å². The van der Waals surface area contributed by atoms with Crippen molar-refractivity contribution in [3.8, 4) is 0 Å². The van der Waals surface area contributed by atoms with Gasteiger partial charge in [-0.2, -0.15) is 0 Å². The molecular formula is C74H136O6. The molecule has 80 heavy (non-hydrogen) atoms. The first-order chi connectivity index (χ1) is 39.5. The third-order valence-corrected chi connectivity index (χ3v) is 16.1. The van der Waals surface area contributed by atoms with Gasteiger partial charge in [-0.15, -0.1) is 0 Å². The maximum absolute atomic E-state index is 13.0. The largest absolute Gasteiger partial charge is 0.462 e. The van der Waals surface area contributed by atoms with Crippen LogP contribution in [0.25, 0.3) is 0 Å². The maximum Gasteiger partial charge on any atom is 0.306 e. The van der Waals surface area contributed by atoms with Crippen LogP contribution in [0.3, 0.4) is 0 Å². The minimum atomic E-state index is -0.778. The third kappa shape index (κ3) is 66.2. The number of carbonyl (C=O) groups excluding carboxylic acids is 3. The SMILES string of the molecule is CC/C=C\C/C=C\C/C=C\CCCCCCCCCC(=O)OCC(COC(=O)CCCCCCCCCCCCCCCCCCCCCCCCCC)OC(=O)CCCCCCCCCCC/C=C\CCCCCCCCCC. The number of esters is 3. The van der Waals surface area contributed by atoms with Crippen LogP contribution in [-0.4, -0.2) is 37.2 Å². The molecule has 0 aromatic heterocycles. The molecule has 0 N–H and O–H groups in total. The van der Waals surface area contributed by atoms with Crippen molar-refractivity contribution in [3.05, 3.63) is 48.6 Å². The minimum absolute atomic E-state index is 0.0728. The second kappa shape index (κ2) is 68.9. The van der Waals surface area contributed by atoms with Gasteiger partial charge in [-0.1, -0.05) is 339 Å². The zero-order valence-electron chi connectivity index (χ0n) is 53.9. The first-order valence-corrected chi connectivity index (χ1v) is 35.6. The van der Waals surface area contributed by atoms with Crippen molar-refractivity contribution >= 4 is 17.9 Å². The van der Waals surface area contributed by atoms with Crippen molar-refractivity contribution in [3.63, 3.8) is 0 Å². The molecule has 6 nitrogen and oxygen atoms in total. The Bertz CT molecular complexity index is 1380. The Morgan fingerprint density at radius 3 is 0.775 bits per heavy atom. The fourth-order valence-corrected chi connectivity index (χ4v) is 10.8. The molecule has 0 saturated heterocycles. The lowest BCUT2D eigenvalue weighted by Crippen LogP contribution is -2.30. The highest BCUT2D eigenvalue weighted by atomic mass is 16.6. The van der Waals surface area contributed by atoms with Gasteiger partial charge in [0, 0.05) is 19.3 Å². The Morgan fingerprint density at radius 2 is 0.487 bits per heavy atom. The van der Waals surface area contributed by atoms with Gasteiger partial charge in [0.1, 0.15) is 13.2 Å². The predicted octanol–water partition coefficient (Wildman–Crippen LogP) is 24.5. The number of ether oxygens (including phenoxy) is 3. The highest BCUT2D eigenvalue weighted by Crippen LogP contribution is 2.18. The number of carbonyl (C=O) groups is 3. The van der Waals surface area contributed by atoms with Gasteiger partial charge in [0.05, 0.1) is 0 Å². The smallest absolute Gasteiger partial charge is 0.306 e. The topological polar surface area (TPSA) is 78.9 Å². The molecule has 0 aliphatic heterocycles. The van der Waals surface area contributed by atoms with E-state index in [1.807, 2.05) is 0 Å². The van der Waals surface area contributed by atoms with Gasteiger partial charge in [0.15, 0.2) is 6.10 Å². The fraction of sp³-hybridized carbons (Fsp3) is 0.851. The van der Waals surface area contributed by atoms with Crippen LogP contribution in [0, 0.1) is 0 Å². The highest BCUT2D eigenvalue weighted by molar-refractivity contribution is 5.71. The maximum atomic E-state index is 13.0. The van der Waals surface area contributed by atoms with Crippen LogP contribution >= 0.6 is 0 Å². The second-order valence-corrected chi connectivity index (χ2v) is 24.1. The van der Waals surface area contributed by atoms with Crippen LogP contribution in [0.1, 0.15) is 387 Å².